The van der Waals surface area contributed by atoms with Crippen molar-refractivity contribution in [3.8, 4) is 0 Å². The van der Waals surface area contributed by atoms with Crippen LogP contribution in [-0.4, -0.2) is 23.5 Å². The first-order valence-corrected chi connectivity index (χ1v) is 7.34. The number of hydrogen-bond donors (Lipinski definition) is 1. The van der Waals surface area contributed by atoms with Crippen LogP contribution in [0.4, 0.5) is 0 Å². The summed E-state index contributed by atoms with van der Waals surface area (Å²) in [5.41, 5.74) is 6.14. The van der Waals surface area contributed by atoms with Crippen molar-refractivity contribution in [1.82, 2.24) is 4.90 Å². The highest BCUT2D eigenvalue weighted by atomic mass is 79.9. The van der Waals surface area contributed by atoms with Crippen molar-refractivity contribution in [2.24, 2.45) is 5.73 Å². The third kappa shape index (κ3) is 3.29. The van der Waals surface area contributed by atoms with Gasteiger partial charge in [0.15, 0.2) is 0 Å². The molecule has 0 spiro atoms. The Hall–Kier alpha value is 0.1000. The summed E-state index contributed by atoms with van der Waals surface area (Å²) in [5.74, 6) is 0. The lowest BCUT2D eigenvalue weighted by molar-refractivity contribution is 0.147. The van der Waals surface area contributed by atoms with E-state index < -0.39 is 0 Å². The molecular weight excluding hydrogens is 284 g/mol. The zero-order chi connectivity index (χ0) is 12.3. The van der Waals surface area contributed by atoms with Gasteiger partial charge in [0.25, 0.3) is 0 Å². The van der Waals surface area contributed by atoms with E-state index in [0.717, 1.165) is 6.54 Å². The molecule has 0 aromatic carbocycles. The van der Waals surface area contributed by atoms with E-state index in [2.05, 4.69) is 60.7 Å². The van der Waals surface area contributed by atoms with Crippen molar-refractivity contribution in [1.29, 1.82) is 0 Å². The molecule has 2 nitrogen and oxygen atoms in total. The summed E-state index contributed by atoms with van der Waals surface area (Å²) in [5, 5.41) is 0. The van der Waals surface area contributed by atoms with Gasteiger partial charge in [-0.15, -0.1) is 11.3 Å². The van der Waals surface area contributed by atoms with E-state index in [1.165, 1.54) is 8.66 Å². The Morgan fingerprint density at radius 1 is 1.38 bits per heavy atom. The Kier molecular flexibility index (Phi) is 5.44. The highest BCUT2D eigenvalue weighted by Crippen LogP contribution is 2.33. The minimum absolute atomic E-state index is 0.146. The summed E-state index contributed by atoms with van der Waals surface area (Å²) in [7, 11) is 0. The maximum Gasteiger partial charge on any atom is 0.0702 e. The number of nitrogens with zero attached hydrogens (tertiary/aromatic N) is 1. The van der Waals surface area contributed by atoms with Gasteiger partial charge in [0.05, 0.1) is 9.83 Å². The monoisotopic (exact) mass is 304 g/mol. The molecule has 16 heavy (non-hydrogen) atoms. The fourth-order valence-corrected chi connectivity index (χ4v) is 3.76. The number of thiophene rings is 1. The molecule has 0 fully saturated rings. The Morgan fingerprint density at radius 2 is 2.00 bits per heavy atom. The van der Waals surface area contributed by atoms with E-state index >= 15 is 0 Å². The highest BCUT2D eigenvalue weighted by Gasteiger charge is 2.26. The molecule has 2 atom stereocenters. The van der Waals surface area contributed by atoms with Crippen molar-refractivity contribution in [3.63, 3.8) is 0 Å². The lowest BCUT2D eigenvalue weighted by Gasteiger charge is -2.35. The summed E-state index contributed by atoms with van der Waals surface area (Å²) in [6.07, 6.45) is 0. The molecule has 0 saturated heterocycles. The number of halogens is 1. The Morgan fingerprint density at radius 3 is 2.31 bits per heavy atom. The molecule has 92 valence electrons. The average Bonchev–Trinajstić information content (AvgIpc) is 2.59. The normalized spacial score (nSPS) is 15.8. The lowest BCUT2D eigenvalue weighted by Crippen LogP contribution is -2.42. The molecule has 1 aromatic rings. The van der Waals surface area contributed by atoms with Gasteiger partial charge in [0.2, 0.25) is 0 Å². The molecule has 1 aromatic heterocycles. The van der Waals surface area contributed by atoms with E-state index in [9.17, 15) is 0 Å². The van der Waals surface area contributed by atoms with Gasteiger partial charge in [-0.3, -0.25) is 4.90 Å². The zero-order valence-corrected chi connectivity index (χ0v) is 12.8. The van der Waals surface area contributed by atoms with Crippen LogP contribution in [0.5, 0.6) is 0 Å². The molecule has 0 aliphatic carbocycles. The first-order chi connectivity index (χ1) is 7.47. The standard InChI is InChI=1S/C12H21BrN2S/c1-5-15(8(2)3)12(9(4)14)10-6-7-11(13)16-10/h6-9,12H,5,14H2,1-4H3. The van der Waals surface area contributed by atoms with Gasteiger partial charge >= 0.3 is 0 Å². The van der Waals surface area contributed by atoms with Crippen molar-refractivity contribution in [3.05, 3.63) is 20.8 Å². The molecule has 0 radical (unpaired) electrons. The Balaban J connectivity index is 2.98. The van der Waals surface area contributed by atoms with Gasteiger partial charge in [-0.2, -0.15) is 0 Å². The molecule has 2 N–H and O–H groups in total. The number of hydrogen-bond acceptors (Lipinski definition) is 3. The van der Waals surface area contributed by atoms with Gasteiger partial charge in [-0.05, 0) is 55.4 Å². The maximum atomic E-state index is 6.14. The van der Waals surface area contributed by atoms with Crippen LogP contribution >= 0.6 is 27.3 Å². The van der Waals surface area contributed by atoms with E-state index in [4.69, 9.17) is 5.73 Å². The van der Waals surface area contributed by atoms with Crippen LogP contribution in [0.3, 0.4) is 0 Å². The molecule has 0 aliphatic rings. The zero-order valence-electron chi connectivity index (χ0n) is 10.4. The summed E-state index contributed by atoms with van der Waals surface area (Å²) < 4.78 is 1.17. The first kappa shape index (κ1) is 14.2. The lowest BCUT2D eigenvalue weighted by atomic mass is 10.1. The summed E-state index contributed by atoms with van der Waals surface area (Å²) in [6.45, 7) is 9.75. The number of likely N-dealkylation sites (N-methyl/N-ethyl adjacent to an activating group) is 1. The molecule has 1 heterocycles. The second-order valence-corrected chi connectivity index (χ2v) is 6.86. The molecule has 0 aliphatic heterocycles. The fraction of sp³-hybridized carbons (Fsp3) is 0.667. The largest absolute Gasteiger partial charge is 0.326 e. The molecule has 2 unspecified atom stereocenters. The summed E-state index contributed by atoms with van der Waals surface area (Å²) >= 11 is 5.30. The van der Waals surface area contributed by atoms with Crippen molar-refractivity contribution < 1.29 is 0 Å². The van der Waals surface area contributed by atoms with Crippen molar-refractivity contribution >= 4 is 27.3 Å². The van der Waals surface area contributed by atoms with Crippen LogP contribution in [-0.2, 0) is 0 Å². The van der Waals surface area contributed by atoms with Gasteiger partial charge in [0.1, 0.15) is 0 Å². The fourth-order valence-electron chi connectivity index (χ4n) is 2.09. The number of nitrogens with two attached hydrogens (primary N) is 1. The molecule has 0 saturated carbocycles. The van der Waals surface area contributed by atoms with Crippen LogP contribution in [0, 0.1) is 0 Å². The quantitative estimate of drug-likeness (QED) is 0.900. The van der Waals surface area contributed by atoms with Crippen LogP contribution in [0.1, 0.15) is 38.6 Å². The predicted octanol–water partition coefficient (Wildman–Crippen LogP) is 3.63. The SMILES string of the molecule is CCN(C(C)C)C(c1ccc(Br)s1)C(C)N. The van der Waals surface area contributed by atoms with E-state index in [1.54, 1.807) is 11.3 Å². The van der Waals surface area contributed by atoms with E-state index in [0.29, 0.717) is 12.1 Å². The third-order valence-electron chi connectivity index (χ3n) is 2.77. The average molecular weight is 305 g/mol. The maximum absolute atomic E-state index is 6.14. The first-order valence-electron chi connectivity index (χ1n) is 5.74. The molecule has 0 bridgehead atoms. The summed E-state index contributed by atoms with van der Waals surface area (Å²) in [6, 6.07) is 5.26. The minimum Gasteiger partial charge on any atom is -0.326 e. The smallest absolute Gasteiger partial charge is 0.0702 e. The second kappa shape index (κ2) is 6.15. The van der Waals surface area contributed by atoms with Crippen molar-refractivity contribution in [2.75, 3.05) is 6.54 Å². The van der Waals surface area contributed by atoms with Gasteiger partial charge in [-0.1, -0.05) is 6.92 Å². The van der Waals surface area contributed by atoms with Gasteiger partial charge < -0.3 is 5.73 Å². The second-order valence-electron chi connectivity index (χ2n) is 4.37. The predicted molar refractivity (Wildman–Crippen MR) is 75.9 cm³/mol. The molecule has 4 heteroatoms. The topological polar surface area (TPSA) is 29.3 Å². The Bertz CT molecular complexity index is 323. The molecule has 0 amide bonds. The summed E-state index contributed by atoms with van der Waals surface area (Å²) in [4.78, 5) is 3.79. The van der Waals surface area contributed by atoms with Crippen LogP contribution in [0.15, 0.2) is 15.9 Å². The van der Waals surface area contributed by atoms with Crippen LogP contribution in [0.25, 0.3) is 0 Å². The van der Waals surface area contributed by atoms with Crippen LogP contribution in [0.2, 0.25) is 0 Å². The van der Waals surface area contributed by atoms with E-state index in [1.807, 2.05) is 0 Å². The highest BCUT2D eigenvalue weighted by molar-refractivity contribution is 9.11. The number of rotatable bonds is 5. The molecule has 1 rings (SSSR count). The molecular formula is C12H21BrN2S. The van der Waals surface area contributed by atoms with E-state index in [-0.39, 0.29) is 6.04 Å². The van der Waals surface area contributed by atoms with Crippen LogP contribution < -0.4 is 5.73 Å². The Labute approximate surface area is 111 Å². The van der Waals surface area contributed by atoms with Gasteiger partial charge in [0, 0.05) is 17.0 Å². The minimum atomic E-state index is 0.146. The van der Waals surface area contributed by atoms with Crippen molar-refractivity contribution in [2.45, 2.75) is 45.8 Å². The third-order valence-corrected chi connectivity index (χ3v) is 4.46. The van der Waals surface area contributed by atoms with Gasteiger partial charge in [-0.25, -0.2) is 0 Å².